The molecule has 4 rings (SSSR count). The van der Waals surface area contributed by atoms with E-state index in [0.29, 0.717) is 25.5 Å². The number of anilines is 2. The number of aromatic nitrogens is 2. The van der Waals surface area contributed by atoms with Gasteiger partial charge in [-0.2, -0.15) is 4.31 Å². The molecule has 0 aromatic carbocycles. The smallest absolute Gasteiger partial charge is 0.244 e. The lowest BCUT2D eigenvalue weighted by molar-refractivity contribution is 0.122. The van der Waals surface area contributed by atoms with E-state index in [1.54, 1.807) is 12.1 Å². The van der Waals surface area contributed by atoms with E-state index in [4.69, 9.17) is 4.74 Å². The van der Waals surface area contributed by atoms with Crippen molar-refractivity contribution in [3.05, 3.63) is 42.2 Å². The largest absolute Gasteiger partial charge is 0.378 e. The summed E-state index contributed by atoms with van der Waals surface area (Å²) in [6.07, 6.45) is 5.12. The van der Waals surface area contributed by atoms with E-state index in [-0.39, 0.29) is 4.90 Å². The van der Waals surface area contributed by atoms with E-state index >= 15 is 0 Å². The van der Waals surface area contributed by atoms with Crippen molar-refractivity contribution in [2.75, 3.05) is 49.6 Å². The Kier molecular flexibility index (Phi) is 5.74. The van der Waals surface area contributed by atoms with Crippen LogP contribution in [-0.2, 0) is 21.3 Å². The van der Waals surface area contributed by atoms with Gasteiger partial charge in [-0.3, -0.25) is 0 Å². The van der Waals surface area contributed by atoms with Crippen LogP contribution in [0.5, 0.6) is 0 Å². The predicted octanol–water partition coefficient (Wildman–Crippen LogP) is 1.71. The fourth-order valence-corrected chi connectivity index (χ4v) is 4.87. The summed E-state index contributed by atoms with van der Waals surface area (Å²) in [6.45, 7) is 4.95. The monoisotopic (exact) mass is 403 g/mol. The van der Waals surface area contributed by atoms with E-state index in [9.17, 15) is 8.42 Å². The first-order valence-electron chi connectivity index (χ1n) is 9.61. The van der Waals surface area contributed by atoms with Gasteiger partial charge >= 0.3 is 0 Å². The lowest BCUT2D eigenvalue weighted by Crippen LogP contribution is -2.36. The van der Waals surface area contributed by atoms with Crippen molar-refractivity contribution in [2.24, 2.45) is 0 Å². The zero-order valence-electron chi connectivity index (χ0n) is 15.7. The quantitative estimate of drug-likeness (QED) is 0.786. The van der Waals surface area contributed by atoms with Crippen molar-refractivity contribution in [2.45, 2.75) is 24.3 Å². The molecule has 28 heavy (non-hydrogen) atoms. The fraction of sp³-hybridized carbons (Fsp3) is 0.474. The summed E-state index contributed by atoms with van der Waals surface area (Å²) in [4.78, 5) is 11.3. The van der Waals surface area contributed by atoms with Crippen LogP contribution in [-0.4, -0.2) is 62.1 Å². The van der Waals surface area contributed by atoms with Crippen LogP contribution in [0.4, 0.5) is 11.6 Å². The molecule has 0 radical (unpaired) electrons. The molecule has 0 amide bonds. The summed E-state index contributed by atoms with van der Waals surface area (Å²) in [7, 11) is -3.42. The number of nitrogens with one attached hydrogen (secondary N) is 1. The van der Waals surface area contributed by atoms with Crippen molar-refractivity contribution in [1.29, 1.82) is 0 Å². The van der Waals surface area contributed by atoms with Gasteiger partial charge in [0.1, 0.15) is 16.5 Å². The van der Waals surface area contributed by atoms with Crippen LogP contribution in [0, 0.1) is 0 Å². The van der Waals surface area contributed by atoms with Gasteiger partial charge in [-0.15, -0.1) is 0 Å². The summed E-state index contributed by atoms with van der Waals surface area (Å²) in [5.74, 6) is 1.60. The van der Waals surface area contributed by atoms with Crippen molar-refractivity contribution < 1.29 is 13.2 Å². The van der Waals surface area contributed by atoms with Gasteiger partial charge in [0.15, 0.2) is 0 Å². The molecular formula is C19H25N5O3S. The predicted molar refractivity (Wildman–Crippen MR) is 107 cm³/mol. The summed E-state index contributed by atoms with van der Waals surface area (Å²) in [5, 5.41) is 3.22. The standard InChI is InChI=1S/C19H25N5O3S/c25-28(26,24-7-1-2-8-24)17-4-5-18(21-15-17)20-13-16-3-6-19(22-14-16)23-9-11-27-12-10-23/h3-6,14-15H,1-2,7-13H2,(H,20,21). The molecule has 0 aliphatic carbocycles. The zero-order chi connectivity index (χ0) is 19.4. The first-order chi connectivity index (χ1) is 13.6. The Morgan fingerprint density at radius 2 is 1.75 bits per heavy atom. The Morgan fingerprint density at radius 3 is 2.39 bits per heavy atom. The molecule has 2 aliphatic heterocycles. The van der Waals surface area contributed by atoms with Crippen LogP contribution in [0.3, 0.4) is 0 Å². The first-order valence-corrected chi connectivity index (χ1v) is 11.0. The maximum Gasteiger partial charge on any atom is 0.244 e. The number of hydrogen-bond acceptors (Lipinski definition) is 7. The zero-order valence-corrected chi connectivity index (χ0v) is 16.6. The highest BCUT2D eigenvalue weighted by Gasteiger charge is 2.27. The molecule has 8 nitrogen and oxygen atoms in total. The van der Waals surface area contributed by atoms with Crippen molar-refractivity contribution in [1.82, 2.24) is 14.3 Å². The molecular weight excluding hydrogens is 378 g/mol. The van der Waals surface area contributed by atoms with Crippen LogP contribution < -0.4 is 10.2 Å². The Hall–Kier alpha value is -2.23. The lowest BCUT2D eigenvalue weighted by atomic mass is 10.2. The molecule has 2 aromatic heterocycles. The van der Waals surface area contributed by atoms with Gasteiger partial charge in [-0.05, 0) is 36.6 Å². The molecule has 0 saturated carbocycles. The van der Waals surface area contributed by atoms with Gasteiger partial charge in [0, 0.05) is 45.1 Å². The van der Waals surface area contributed by atoms with Gasteiger partial charge in [-0.1, -0.05) is 6.07 Å². The highest BCUT2D eigenvalue weighted by Crippen LogP contribution is 2.21. The number of ether oxygens (including phenoxy) is 1. The van der Waals surface area contributed by atoms with Crippen LogP contribution in [0.1, 0.15) is 18.4 Å². The Balaban J connectivity index is 1.34. The molecule has 2 aromatic rings. The number of rotatable bonds is 6. The molecule has 0 bridgehead atoms. The highest BCUT2D eigenvalue weighted by atomic mass is 32.2. The van der Waals surface area contributed by atoms with E-state index in [1.165, 1.54) is 10.5 Å². The number of nitrogens with zero attached hydrogens (tertiary/aromatic N) is 4. The summed E-state index contributed by atoms with van der Waals surface area (Å²) >= 11 is 0. The van der Waals surface area contributed by atoms with E-state index in [0.717, 1.165) is 50.5 Å². The minimum Gasteiger partial charge on any atom is -0.378 e. The Morgan fingerprint density at radius 1 is 0.964 bits per heavy atom. The van der Waals surface area contributed by atoms with Gasteiger partial charge in [0.25, 0.3) is 0 Å². The normalized spacial score (nSPS) is 18.4. The van der Waals surface area contributed by atoms with E-state index < -0.39 is 10.0 Å². The number of sulfonamides is 1. The van der Waals surface area contributed by atoms with Crippen molar-refractivity contribution in [3.63, 3.8) is 0 Å². The second kappa shape index (κ2) is 8.42. The molecule has 0 atom stereocenters. The number of pyridine rings is 2. The van der Waals surface area contributed by atoms with Crippen LogP contribution >= 0.6 is 0 Å². The maximum absolute atomic E-state index is 12.5. The summed E-state index contributed by atoms with van der Waals surface area (Å²) < 4.78 is 32.0. The maximum atomic E-state index is 12.5. The van der Waals surface area contributed by atoms with Gasteiger partial charge in [-0.25, -0.2) is 18.4 Å². The molecule has 4 heterocycles. The number of hydrogen-bond donors (Lipinski definition) is 1. The second-order valence-corrected chi connectivity index (χ2v) is 8.91. The average Bonchev–Trinajstić information content (AvgIpc) is 3.30. The third kappa shape index (κ3) is 4.26. The first kappa shape index (κ1) is 19.1. The topological polar surface area (TPSA) is 87.7 Å². The molecule has 2 saturated heterocycles. The molecule has 0 spiro atoms. The van der Waals surface area contributed by atoms with Crippen LogP contribution in [0.2, 0.25) is 0 Å². The summed E-state index contributed by atoms with van der Waals surface area (Å²) in [6, 6.07) is 7.37. The third-order valence-electron chi connectivity index (χ3n) is 5.06. The minimum absolute atomic E-state index is 0.247. The highest BCUT2D eigenvalue weighted by molar-refractivity contribution is 7.89. The number of morpholine rings is 1. The van der Waals surface area contributed by atoms with E-state index in [1.807, 2.05) is 18.3 Å². The lowest BCUT2D eigenvalue weighted by Gasteiger charge is -2.27. The van der Waals surface area contributed by atoms with Crippen LogP contribution in [0.25, 0.3) is 0 Å². The third-order valence-corrected chi connectivity index (χ3v) is 6.94. The van der Waals surface area contributed by atoms with Gasteiger partial charge in [0.05, 0.1) is 13.2 Å². The summed E-state index contributed by atoms with van der Waals surface area (Å²) in [5.41, 5.74) is 1.03. The second-order valence-electron chi connectivity index (χ2n) is 6.97. The Labute approximate surface area is 165 Å². The van der Waals surface area contributed by atoms with E-state index in [2.05, 4.69) is 20.2 Å². The minimum atomic E-state index is -3.42. The average molecular weight is 404 g/mol. The van der Waals surface area contributed by atoms with Crippen LogP contribution in [0.15, 0.2) is 41.6 Å². The molecule has 0 unspecified atom stereocenters. The van der Waals surface area contributed by atoms with Gasteiger partial charge in [0.2, 0.25) is 10.0 Å². The molecule has 2 fully saturated rings. The SMILES string of the molecule is O=S(=O)(c1ccc(NCc2ccc(N3CCOCC3)nc2)nc1)N1CCCC1. The molecule has 1 N–H and O–H groups in total. The van der Waals surface area contributed by atoms with Crippen molar-refractivity contribution >= 4 is 21.7 Å². The molecule has 150 valence electrons. The molecule has 9 heteroatoms. The van der Waals surface area contributed by atoms with Gasteiger partial charge < -0.3 is 15.0 Å². The Bertz CT molecular complexity index is 875. The fourth-order valence-electron chi connectivity index (χ4n) is 3.41. The molecule has 2 aliphatic rings. The van der Waals surface area contributed by atoms with Crippen molar-refractivity contribution in [3.8, 4) is 0 Å².